The number of hydrogen-bond acceptors (Lipinski definition) is 3. The Labute approximate surface area is 99.8 Å². The third-order valence-electron chi connectivity index (χ3n) is 2.58. The maximum atomic E-state index is 11.6. The predicted molar refractivity (Wildman–Crippen MR) is 63.3 cm³/mol. The molecule has 0 heterocycles. The second-order valence-electron chi connectivity index (χ2n) is 3.94. The number of aliphatic carboxylic acids is 1. The molecule has 0 aliphatic heterocycles. The number of rotatable bonds is 4. The van der Waals surface area contributed by atoms with Crippen molar-refractivity contribution in [2.24, 2.45) is 5.73 Å². The van der Waals surface area contributed by atoms with Crippen molar-refractivity contribution in [3.63, 3.8) is 0 Å². The zero-order valence-electron chi connectivity index (χ0n) is 9.88. The summed E-state index contributed by atoms with van der Waals surface area (Å²) in [5.41, 5.74) is 7.29. The summed E-state index contributed by atoms with van der Waals surface area (Å²) in [4.78, 5) is 23.5. The Kier molecular flexibility index (Phi) is 4.23. The maximum absolute atomic E-state index is 11.6. The van der Waals surface area contributed by atoms with E-state index < -0.39 is 17.9 Å². The second kappa shape index (κ2) is 5.45. The summed E-state index contributed by atoms with van der Waals surface area (Å²) in [6, 6.07) is 6.11. The molecular weight excluding hydrogens is 220 g/mol. The fourth-order valence-electron chi connectivity index (χ4n) is 1.46. The van der Waals surface area contributed by atoms with Gasteiger partial charge in [0, 0.05) is 13.6 Å². The SMILES string of the molecule is Cc1ccccc1CN(C)C(=O)C(N)C(=O)O. The number of carboxylic acid groups (broad SMARTS) is 1. The lowest BCUT2D eigenvalue weighted by atomic mass is 10.1. The van der Waals surface area contributed by atoms with Crippen LogP contribution in [0.15, 0.2) is 24.3 Å². The van der Waals surface area contributed by atoms with Crippen molar-refractivity contribution < 1.29 is 14.7 Å². The van der Waals surface area contributed by atoms with Gasteiger partial charge in [0.15, 0.2) is 6.04 Å². The van der Waals surface area contributed by atoms with Crippen molar-refractivity contribution in [3.05, 3.63) is 35.4 Å². The van der Waals surface area contributed by atoms with Gasteiger partial charge in [-0.15, -0.1) is 0 Å². The summed E-state index contributed by atoms with van der Waals surface area (Å²) in [7, 11) is 1.54. The standard InChI is InChI=1S/C12H16N2O3/c1-8-5-3-4-6-9(8)7-14(2)11(15)10(13)12(16)17/h3-6,10H,7,13H2,1-2H3,(H,16,17). The smallest absolute Gasteiger partial charge is 0.330 e. The van der Waals surface area contributed by atoms with Gasteiger partial charge >= 0.3 is 5.97 Å². The van der Waals surface area contributed by atoms with E-state index in [0.29, 0.717) is 6.54 Å². The molecule has 5 heteroatoms. The van der Waals surface area contributed by atoms with Gasteiger partial charge in [-0.25, -0.2) is 4.79 Å². The van der Waals surface area contributed by atoms with Crippen LogP contribution in [0.5, 0.6) is 0 Å². The highest BCUT2D eigenvalue weighted by Gasteiger charge is 2.24. The number of carbonyl (C=O) groups is 2. The van der Waals surface area contributed by atoms with Gasteiger partial charge in [0.05, 0.1) is 0 Å². The molecule has 1 aromatic rings. The van der Waals surface area contributed by atoms with Gasteiger partial charge in [-0.2, -0.15) is 0 Å². The van der Waals surface area contributed by atoms with Crippen LogP contribution in [-0.2, 0) is 16.1 Å². The van der Waals surface area contributed by atoms with E-state index in [9.17, 15) is 9.59 Å². The van der Waals surface area contributed by atoms with Crippen LogP contribution in [0, 0.1) is 6.92 Å². The lowest BCUT2D eigenvalue weighted by Gasteiger charge is -2.20. The molecule has 17 heavy (non-hydrogen) atoms. The van der Waals surface area contributed by atoms with Gasteiger partial charge in [0.2, 0.25) is 0 Å². The van der Waals surface area contributed by atoms with Gasteiger partial charge in [-0.3, -0.25) is 4.79 Å². The summed E-state index contributed by atoms with van der Waals surface area (Å²) in [5, 5.41) is 8.65. The fraction of sp³-hybridized carbons (Fsp3) is 0.333. The first-order valence-electron chi connectivity index (χ1n) is 5.21. The highest BCUT2D eigenvalue weighted by Crippen LogP contribution is 2.09. The van der Waals surface area contributed by atoms with Gasteiger partial charge in [0.25, 0.3) is 5.91 Å². The Morgan fingerprint density at radius 1 is 1.41 bits per heavy atom. The molecule has 1 aromatic carbocycles. The van der Waals surface area contributed by atoms with E-state index in [2.05, 4.69) is 0 Å². The van der Waals surface area contributed by atoms with E-state index in [4.69, 9.17) is 10.8 Å². The topological polar surface area (TPSA) is 83.6 Å². The van der Waals surface area contributed by atoms with Gasteiger partial charge < -0.3 is 15.7 Å². The molecule has 0 saturated heterocycles. The molecule has 0 fully saturated rings. The Hall–Kier alpha value is -1.88. The molecule has 0 aliphatic carbocycles. The summed E-state index contributed by atoms with van der Waals surface area (Å²) >= 11 is 0. The lowest BCUT2D eigenvalue weighted by molar-refractivity contribution is -0.146. The number of hydrogen-bond donors (Lipinski definition) is 2. The first-order chi connectivity index (χ1) is 7.93. The summed E-state index contributed by atoms with van der Waals surface area (Å²) < 4.78 is 0. The average Bonchev–Trinajstić information content (AvgIpc) is 2.30. The zero-order valence-corrected chi connectivity index (χ0v) is 9.88. The van der Waals surface area contributed by atoms with Crippen molar-refractivity contribution in [3.8, 4) is 0 Å². The van der Waals surface area contributed by atoms with Crippen LogP contribution in [0.3, 0.4) is 0 Å². The van der Waals surface area contributed by atoms with Gasteiger partial charge in [-0.1, -0.05) is 24.3 Å². The molecule has 0 aromatic heterocycles. The largest absolute Gasteiger partial charge is 0.480 e. The molecule has 1 atom stereocenters. The second-order valence-corrected chi connectivity index (χ2v) is 3.94. The highest BCUT2D eigenvalue weighted by molar-refractivity contribution is 6.00. The molecule has 0 spiro atoms. The molecule has 0 aliphatic rings. The summed E-state index contributed by atoms with van der Waals surface area (Å²) in [6.07, 6.45) is 0. The molecule has 3 N–H and O–H groups in total. The van der Waals surface area contributed by atoms with Crippen LogP contribution in [0.2, 0.25) is 0 Å². The van der Waals surface area contributed by atoms with E-state index in [1.807, 2.05) is 31.2 Å². The van der Waals surface area contributed by atoms with Crippen LogP contribution in [-0.4, -0.2) is 35.0 Å². The Morgan fingerprint density at radius 2 is 2.00 bits per heavy atom. The van der Waals surface area contributed by atoms with Crippen LogP contribution < -0.4 is 5.73 Å². The molecule has 0 saturated carbocycles. The minimum atomic E-state index is -1.50. The first-order valence-corrected chi connectivity index (χ1v) is 5.21. The first kappa shape index (κ1) is 13.2. The molecule has 0 bridgehead atoms. The highest BCUT2D eigenvalue weighted by atomic mass is 16.4. The molecule has 0 radical (unpaired) electrons. The van der Waals surface area contributed by atoms with E-state index in [1.54, 1.807) is 0 Å². The van der Waals surface area contributed by atoms with Gasteiger partial charge in [-0.05, 0) is 18.1 Å². The van der Waals surface area contributed by atoms with E-state index in [0.717, 1.165) is 11.1 Å². The maximum Gasteiger partial charge on any atom is 0.330 e. The minimum absolute atomic E-state index is 0.354. The average molecular weight is 236 g/mol. The lowest BCUT2D eigenvalue weighted by Crippen LogP contribution is -2.46. The number of likely N-dealkylation sites (N-methyl/N-ethyl adjacent to an activating group) is 1. The van der Waals surface area contributed by atoms with Crippen molar-refractivity contribution in [1.82, 2.24) is 4.90 Å². The summed E-state index contributed by atoms with van der Waals surface area (Å²) in [5.74, 6) is -1.91. The van der Waals surface area contributed by atoms with Crippen molar-refractivity contribution in [2.45, 2.75) is 19.5 Å². The quantitative estimate of drug-likeness (QED) is 0.739. The van der Waals surface area contributed by atoms with Crippen LogP contribution >= 0.6 is 0 Å². The number of nitrogens with zero attached hydrogens (tertiary/aromatic N) is 1. The molecule has 1 amide bonds. The van der Waals surface area contributed by atoms with Crippen molar-refractivity contribution in [1.29, 1.82) is 0 Å². The number of carbonyl (C=O) groups excluding carboxylic acids is 1. The third kappa shape index (κ3) is 3.29. The third-order valence-corrected chi connectivity index (χ3v) is 2.58. The molecule has 1 rings (SSSR count). The molecule has 92 valence electrons. The van der Waals surface area contributed by atoms with Crippen LogP contribution in [0.1, 0.15) is 11.1 Å². The van der Waals surface area contributed by atoms with E-state index in [1.165, 1.54) is 11.9 Å². The van der Waals surface area contributed by atoms with Crippen LogP contribution in [0.4, 0.5) is 0 Å². The minimum Gasteiger partial charge on any atom is -0.480 e. The molecule has 1 unspecified atom stereocenters. The monoisotopic (exact) mass is 236 g/mol. The van der Waals surface area contributed by atoms with Crippen LogP contribution in [0.25, 0.3) is 0 Å². The van der Waals surface area contributed by atoms with E-state index >= 15 is 0 Å². The predicted octanol–water partition coefficient (Wildman–Crippen LogP) is 0.365. The van der Waals surface area contributed by atoms with Crippen molar-refractivity contribution >= 4 is 11.9 Å². The number of carboxylic acids is 1. The number of aryl methyl sites for hydroxylation is 1. The zero-order chi connectivity index (χ0) is 13.0. The normalized spacial score (nSPS) is 11.9. The van der Waals surface area contributed by atoms with Crippen molar-refractivity contribution in [2.75, 3.05) is 7.05 Å². The molecular formula is C12H16N2O3. The molecule has 5 nitrogen and oxygen atoms in total. The Balaban J connectivity index is 2.73. The summed E-state index contributed by atoms with van der Waals surface area (Å²) in [6.45, 7) is 2.29. The number of benzene rings is 1. The van der Waals surface area contributed by atoms with Gasteiger partial charge in [0.1, 0.15) is 0 Å². The fourth-order valence-corrected chi connectivity index (χ4v) is 1.46. The number of nitrogens with two attached hydrogens (primary N) is 1. The Bertz CT molecular complexity index is 432. The number of amides is 1. The Morgan fingerprint density at radius 3 is 2.53 bits per heavy atom. The van der Waals surface area contributed by atoms with E-state index in [-0.39, 0.29) is 0 Å².